The van der Waals surface area contributed by atoms with Gasteiger partial charge in [0.2, 0.25) is 5.95 Å². The van der Waals surface area contributed by atoms with Crippen molar-refractivity contribution < 1.29 is 18.3 Å². The Morgan fingerprint density at radius 2 is 2.00 bits per heavy atom. The van der Waals surface area contributed by atoms with E-state index in [4.69, 9.17) is 15.2 Å². The second-order valence-corrected chi connectivity index (χ2v) is 12.7. The molecular weight excluding hydrogens is 594 g/mol. The van der Waals surface area contributed by atoms with Gasteiger partial charge in [0.25, 0.3) is 0 Å². The molecule has 11 heteroatoms. The quantitative estimate of drug-likeness (QED) is 0.255. The Labute approximate surface area is 269 Å². The minimum Gasteiger partial charge on any atom is -0.389 e. The number of nitrogens with one attached hydrogen (secondary N) is 1. The van der Waals surface area contributed by atoms with Gasteiger partial charge in [-0.3, -0.25) is 0 Å². The summed E-state index contributed by atoms with van der Waals surface area (Å²) in [5.41, 5.74) is 8.55. The van der Waals surface area contributed by atoms with E-state index in [1.54, 1.807) is 13.3 Å². The van der Waals surface area contributed by atoms with Gasteiger partial charge in [0.05, 0.1) is 29.7 Å². The molecule has 2 aromatic heterocycles. The van der Waals surface area contributed by atoms with Gasteiger partial charge in [-0.25, -0.2) is 18.7 Å². The molecule has 0 amide bonds. The zero-order valence-electron chi connectivity index (χ0n) is 27.3. The molecule has 1 fully saturated rings. The molecule has 3 aliphatic heterocycles. The third-order valence-corrected chi connectivity index (χ3v) is 9.68. The highest BCUT2D eigenvalue weighted by atomic mass is 32.1. The number of methoxy groups -OCH3 is 1. The summed E-state index contributed by atoms with van der Waals surface area (Å²) in [6.07, 6.45) is 9.16. The number of nitrogens with zero attached hydrogens (tertiary/aromatic N) is 4. The number of halogens is 2. The Hall–Kier alpha value is -3.33. The number of hydrogen-bond donors (Lipinski definition) is 2. The fourth-order valence-corrected chi connectivity index (χ4v) is 7.16. The van der Waals surface area contributed by atoms with Crippen molar-refractivity contribution in [2.24, 2.45) is 11.8 Å². The normalized spacial score (nSPS) is 18.9. The summed E-state index contributed by atoms with van der Waals surface area (Å²) in [4.78, 5) is 11.5. The van der Waals surface area contributed by atoms with Crippen LogP contribution < -0.4 is 16.0 Å². The maximum atomic E-state index is 16.3. The van der Waals surface area contributed by atoms with Crippen LogP contribution in [0.1, 0.15) is 105 Å². The van der Waals surface area contributed by atoms with Crippen LogP contribution in [-0.4, -0.2) is 36.8 Å². The van der Waals surface area contributed by atoms with Gasteiger partial charge in [-0.1, -0.05) is 53.9 Å². The van der Waals surface area contributed by atoms with E-state index in [2.05, 4.69) is 47.0 Å². The van der Waals surface area contributed by atoms with E-state index in [-0.39, 0.29) is 27.6 Å². The molecule has 3 aromatic rings. The number of benzene rings is 1. The smallest absolute Gasteiger partial charge is 0.225 e. The number of nitrogens with two attached hydrogens (primary N) is 1. The SMILES string of the molecule is CC.CC1CCN(c2ncc3c4c(c(C5NC=C(F)c6sc(N)c(C#N)c65)c(F)c3n2)COC4)C1.CCCCC(CC)COC. The highest BCUT2D eigenvalue weighted by molar-refractivity contribution is 7.17. The second kappa shape index (κ2) is 15.8. The summed E-state index contributed by atoms with van der Waals surface area (Å²) in [7, 11) is 1.79. The van der Waals surface area contributed by atoms with Gasteiger partial charge >= 0.3 is 0 Å². The number of rotatable bonds is 8. The molecule has 5 heterocycles. The Morgan fingerprint density at radius 1 is 1.24 bits per heavy atom. The second-order valence-electron chi connectivity index (χ2n) is 11.6. The molecule has 1 aromatic carbocycles. The van der Waals surface area contributed by atoms with Gasteiger partial charge in [-0.05, 0) is 35.8 Å². The van der Waals surface area contributed by atoms with Crippen LogP contribution in [0.3, 0.4) is 0 Å². The molecule has 0 spiro atoms. The molecule has 0 aliphatic carbocycles. The predicted octanol–water partition coefficient (Wildman–Crippen LogP) is 8.00. The third-order valence-electron chi connectivity index (χ3n) is 8.64. The molecule has 1 saturated heterocycles. The summed E-state index contributed by atoms with van der Waals surface area (Å²) >= 11 is 0.996. The molecule has 6 rings (SSSR count). The van der Waals surface area contributed by atoms with Crippen LogP contribution in [0.25, 0.3) is 16.7 Å². The van der Waals surface area contributed by atoms with E-state index in [9.17, 15) is 9.65 Å². The maximum absolute atomic E-state index is 16.3. The standard InChI is InChI=1S/C23H20F2N6OS.C9H20O.C2H6/c1-10-2-3-31(7-10)23-29-5-12-13-8-32-9-14(13)16(18(25)19(12)30-23)20-17-11(4-26)22(27)33-21(17)15(24)6-28-20;1-4-6-7-9(5-2)8-10-3;1-2/h5-6,10,20,28H,2-3,7-9,27H2,1H3;9H,4-8H2,1-3H3;1-2H3. The fraction of sp³-hybridized carbons (Fsp3) is 0.559. The van der Waals surface area contributed by atoms with Crippen molar-refractivity contribution in [3.8, 4) is 6.07 Å². The average Bonchev–Trinajstić information content (AvgIpc) is 3.80. The lowest BCUT2D eigenvalue weighted by Crippen LogP contribution is -2.25. The molecule has 3 atom stereocenters. The van der Waals surface area contributed by atoms with Crippen LogP contribution in [0.15, 0.2) is 12.4 Å². The Balaban J connectivity index is 0.000000331. The number of hydrogen-bond acceptors (Lipinski definition) is 9. The van der Waals surface area contributed by atoms with E-state index in [1.165, 1.54) is 31.9 Å². The van der Waals surface area contributed by atoms with Crippen LogP contribution in [0, 0.1) is 29.0 Å². The molecule has 3 aliphatic rings. The zero-order chi connectivity index (χ0) is 32.7. The number of fused-ring (bicyclic) bond motifs is 4. The first-order valence-corrected chi connectivity index (χ1v) is 16.9. The number of unbranched alkanes of at least 4 members (excludes halogenated alkanes) is 1. The van der Waals surface area contributed by atoms with Gasteiger partial charge in [0, 0.05) is 55.7 Å². The van der Waals surface area contributed by atoms with Crippen molar-refractivity contribution in [2.45, 2.75) is 86.0 Å². The number of aromatic nitrogens is 2. The first-order chi connectivity index (χ1) is 21.8. The molecule has 0 saturated carbocycles. The maximum Gasteiger partial charge on any atom is 0.225 e. The molecular formula is C34H46F2N6O2S. The number of ether oxygens (including phenoxy) is 2. The first-order valence-electron chi connectivity index (χ1n) is 16.1. The van der Waals surface area contributed by atoms with E-state index in [1.807, 2.05) is 13.8 Å². The number of nitriles is 1. The predicted molar refractivity (Wildman–Crippen MR) is 178 cm³/mol. The van der Waals surface area contributed by atoms with E-state index in [0.29, 0.717) is 40.5 Å². The number of anilines is 2. The van der Waals surface area contributed by atoms with Crippen LogP contribution in [0.5, 0.6) is 0 Å². The van der Waals surface area contributed by atoms with Gasteiger partial charge in [0.15, 0.2) is 11.6 Å². The molecule has 3 N–H and O–H groups in total. The molecule has 0 bridgehead atoms. The number of thiophene rings is 1. The number of nitrogen functional groups attached to an aromatic ring is 1. The van der Waals surface area contributed by atoms with E-state index >= 15 is 4.39 Å². The summed E-state index contributed by atoms with van der Waals surface area (Å²) in [5, 5.41) is 13.5. The minimum atomic E-state index is -0.784. The van der Waals surface area contributed by atoms with Crippen LogP contribution in [0.2, 0.25) is 0 Å². The summed E-state index contributed by atoms with van der Waals surface area (Å²) < 4.78 is 41.6. The van der Waals surface area contributed by atoms with Gasteiger partial charge < -0.3 is 25.4 Å². The van der Waals surface area contributed by atoms with Crippen molar-refractivity contribution in [2.75, 3.05) is 37.4 Å². The Bertz CT molecular complexity index is 1550. The monoisotopic (exact) mass is 640 g/mol. The molecule has 8 nitrogen and oxygen atoms in total. The van der Waals surface area contributed by atoms with Crippen LogP contribution >= 0.6 is 11.3 Å². The fourth-order valence-electron chi connectivity index (χ4n) is 6.20. The van der Waals surface area contributed by atoms with Crippen molar-refractivity contribution >= 4 is 39.0 Å². The summed E-state index contributed by atoms with van der Waals surface area (Å²) in [5.74, 6) is 0.777. The van der Waals surface area contributed by atoms with Crippen molar-refractivity contribution in [1.29, 1.82) is 5.26 Å². The third kappa shape index (κ3) is 7.08. The van der Waals surface area contributed by atoms with Crippen molar-refractivity contribution in [1.82, 2.24) is 15.3 Å². The molecule has 244 valence electrons. The minimum absolute atomic E-state index is 0.164. The van der Waals surface area contributed by atoms with Crippen molar-refractivity contribution in [3.05, 3.63) is 50.9 Å². The Morgan fingerprint density at radius 3 is 2.64 bits per heavy atom. The van der Waals surface area contributed by atoms with Crippen LogP contribution in [-0.2, 0) is 22.7 Å². The van der Waals surface area contributed by atoms with Crippen LogP contribution in [0.4, 0.5) is 19.7 Å². The lowest BCUT2D eigenvalue weighted by molar-refractivity contribution is 0.134. The highest BCUT2D eigenvalue weighted by Gasteiger charge is 2.36. The highest BCUT2D eigenvalue weighted by Crippen LogP contribution is 2.47. The van der Waals surface area contributed by atoms with Gasteiger partial charge in [0.1, 0.15) is 16.6 Å². The molecule has 3 unspecified atom stereocenters. The van der Waals surface area contributed by atoms with Crippen molar-refractivity contribution in [3.63, 3.8) is 0 Å². The topological polar surface area (TPSA) is 109 Å². The van der Waals surface area contributed by atoms with E-state index < -0.39 is 17.7 Å². The summed E-state index contributed by atoms with van der Waals surface area (Å²) in [6, 6.07) is 1.28. The first kappa shape index (κ1) is 34.5. The molecule has 45 heavy (non-hydrogen) atoms. The average molecular weight is 641 g/mol. The van der Waals surface area contributed by atoms with Gasteiger partial charge in [-0.15, -0.1) is 11.3 Å². The summed E-state index contributed by atoms with van der Waals surface area (Å²) in [6.45, 7) is 13.8. The van der Waals surface area contributed by atoms with Gasteiger partial charge in [-0.2, -0.15) is 5.26 Å². The van der Waals surface area contributed by atoms with E-state index in [0.717, 1.165) is 48.9 Å². The largest absolute Gasteiger partial charge is 0.389 e. The Kier molecular flexibility index (Phi) is 12.1. The zero-order valence-corrected chi connectivity index (χ0v) is 28.1. The lowest BCUT2D eigenvalue weighted by atomic mass is 9.87. The molecule has 0 radical (unpaired) electrons. The lowest BCUT2D eigenvalue weighted by Gasteiger charge is -2.26.